The molecule has 2 aromatic rings. The molecule has 3 nitrogen and oxygen atoms in total. The van der Waals surface area contributed by atoms with E-state index in [9.17, 15) is 26.3 Å². The fraction of sp³-hybridized carbons (Fsp3) is 0.385. The Labute approximate surface area is 136 Å². The first-order valence-electron chi connectivity index (χ1n) is 6.33. The van der Waals surface area contributed by atoms with Crippen molar-refractivity contribution in [1.29, 1.82) is 0 Å². The highest BCUT2D eigenvalue weighted by Crippen LogP contribution is 2.50. The maximum absolute atomic E-state index is 12.8. The third-order valence-electron chi connectivity index (χ3n) is 2.90. The summed E-state index contributed by atoms with van der Waals surface area (Å²) < 4.78 is 97.9. The van der Waals surface area contributed by atoms with Crippen LogP contribution in [0.3, 0.4) is 0 Å². The SMILES string of the molecule is CCc1ccc2c(c1)cc(C)[s+]2C(F)(F)F.O=S(=O)([O-])C(F)(F)F. The molecule has 1 atom stereocenters. The van der Waals surface area contributed by atoms with Crippen molar-refractivity contribution in [3.8, 4) is 0 Å². The predicted octanol–water partition coefficient (Wildman–Crippen LogP) is 4.99. The molecule has 136 valence electrons. The summed E-state index contributed by atoms with van der Waals surface area (Å²) in [5, 5.41) is 0.734. The number of rotatable bonds is 1. The lowest BCUT2D eigenvalue weighted by atomic mass is 10.1. The average Bonchev–Trinajstić information content (AvgIpc) is 2.71. The van der Waals surface area contributed by atoms with Gasteiger partial charge in [-0.1, -0.05) is 13.0 Å². The highest BCUT2D eigenvalue weighted by atomic mass is 32.2. The number of aryl methyl sites for hydroxylation is 2. The van der Waals surface area contributed by atoms with Crippen molar-refractivity contribution in [2.75, 3.05) is 0 Å². The van der Waals surface area contributed by atoms with Gasteiger partial charge in [0.15, 0.2) is 19.7 Å². The van der Waals surface area contributed by atoms with Gasteiger partial charge >= 0.3 is 11.0 Å². The summed E-state index contributed by atoms with van der Waals surface area (Å²) in [4.78, 5) is 0.413. The van der Waals surface area contributed by atoms with Crippen LogP contribution in [-0.2, 0) is 22.0 Å². The van der Waals surface area contributed by atoms with Gasteiger partial charge in [0.05, 0.1) is 10.5 Å². The quantitative estimate of drug-likeness (QED) is 0.296. The molecule has 0 aliphatic rings. The molecule has 0 amide bonds. The number of hydrogen-bond donors (Lipinski definition) is 0. The highest BCUT2D eigenvalue weighted by Gasteiger charge is 2.46. The van der Waals surface area contributed by atoms with Gasteiger partial charge < -0.3 is 4.55 Å². The molecule has 0 saturated heterocycles. The number of halogens is 6. The van der Waals surface area contributed by atoms with Crippen molar-refractivity contribution in [1.82, 2.24) is 0 Å². The highest BCUT2D eigenvalue weighted by molar-refractivity contribution is 7.86. The van der Waals surface area contributed by atoms with Crippen LogP contribution in [0.25, 0.3) is 10.1 Å². The molecule has 0 fully saturated rings. The lowest BCUT2D eigenvalue weighted by Gasteiger charge is -2.08. The Hall–Kier alpha value is -1.33. The maximum Gasteiger partial charge on any atom is 0.600 e. The Morgan fingerprint density at radius 1 is 1.08 bits per heavy atom. The molecule has 0 saturated carbocycles. The van der Waals surface area contributed by atoms with Crippen LogP contribution in [0.1, 0.15) is 17.4 Å². The van der Waals surface area contributed by atoms with Crippen molar-refractivity contribution in [2.24, 2.45) is 0 Å². The minimum absolute atomic E-state index is 0.413. The van der Waals surface area contributed by atoms with Gasteiger partial charge in [-0.25, -0.2) is 8.42 Å². The second-order valence-electron chi connectivity index (χ2n) is 4.63. The van der Waals surface area contributed by atoms with Crippen LogP contribution in [0.4, 0.5) is 26.3 Å². The molecule has 0 spiro atoms. The Morgan fingerprint density at radius 3 is 1.96 bits per heavy atom. The molecule has 0 N–H and O–H groups in total. The van der Waals surface area contributed by atoms with Crippen molar-refractivity contribution < 1.29 is 39.3 Å². The molecule has 0 bridgehead atoms. The van der Waals surface area contributed by atoms with Crippen LogP contribution in [0.2, 0.25) is 0 Å². The van der Waals surface area contributed by atoms with Crippen LogP contribution in [-0.4, -0.2) is 18.5 Å². The molecule has 1 unspecified atom stereocenters. The number of benzene rings is 1. The minimum Gasteiger partial charge on any atom is -0.741 e. The molecule has 1 aromatic heterocycles. The number of alkyl halides is 6. The standard InChI is InChI=1S/C12H12F3S.CHF3O3S/c1-3-9-4-5-11-10(7-9)6-8(2)16(11)12(13,14)15;2-1(3,4)8(5,6)7/h4-7H,3H2,1-2H3;(H,5,6,7)/q+1;/p-1. The van der Waals surface area contributed by atoms with E-state index in [2.05, 4.69) is 0 Å². The molecule has 0 aliphatic carbocycles. The summed E-state index contributed by atoms with van der Waals surface area (Å²) in [7, 11) is -7.80. The summed E-state index contributed by atoms with van der Waals surface area (Å²) >= 11 is 0. The molecule has 1 aromatic carbocycles. The predicted molar refractivity (Wildman–Crippen MR) is 77.6 cm³/mol. The minimum atomic E-state index is -6.09. The smallest absolute Gasteiger partial charge is 0.600 e. The summed E-state index contributed by atoms with van der Waals surface area (Å²) in [6, 6.07) is 6.93. The molecular weight excluding hydrogens is 382 g/mol. The number of thiophene rings is 1. The Morgan fingerprint density at radius 2 is 1.58 bits per heavy atom. The van der Waals surface area contributed by atoms with E-state index in [1.165, 1.54) is 0 Å². The summed E-state index contributed by atoms with van der Waals surface area (Å²) in [5.74, 6) is 0. The number of hydrogen-bond acceptors (Lipinski definition) is 3. The van der Waals surface area contributed by atoms with E-state index in [0.717, 1.165) is 17.4 Å². The van der Waals surface area contributed by atoms with Crippen LogP contribution >= 0.6 is 10.5 Å². The third-order valence-corrected chi connectivity index (χ3v) is 5.50. The van der Waals surface area contributed by atoms with Crippen molar-refractivity contribution in [2.45, 2.75) is 31.3 Å². The van der Waals surface area contributed by atoms with Gasteiger partial charge in [0, 0.05) is 18.4 Å². The summed E-state index contributed by atoms with van der Waals surface area (Å²) in [6.45, 7) is 3.55. The van der Waals surface area contributed by atoms with Gasteiger partial charge in [-0.15, -0.1) is 13.2 Å². The van der Waals surface area contributed by atoms with E-state index in [-0.39, 0.29) is 0 Å². The van der Waals surface area contributed by atoms with Gasteiger partial charge in [0.25, 0.3) is 0 Å². The fourth-order valence-electron chi connectivity index (χ4n) is 1.88. The average molecular weight is 394 g/mol. The zero-order chi connectivity index (χ0) is 18.9. The lowest BCUT2D eigenvalue weighted by molar-refractivity contribution is -0.0867. The Kier molecular flexibility index (Phi) is 5.94. The zero-order valence-corrected chi connectivity index (χ0v) is 14.0. The molecule has 2 rings (SSSR count). The zero-order valence-electron chi connectivity index (χ0n) is 12.3. The summed E-state index contributed by atoms with van der Waals surface area (Å²) in [6.07, 6.45) is 0.847. The van der Waals surface area contributed by atoms with E-state index >= 15 is 0 Å². The van der Waals surface area contributed by atoms with E-state index in [0.29, 0.717) is 9.58 Å². The van der Waals surface area contributed by atoms with Gasteiger partial charge in [0.2, 0.25) is 0 Å². The molecule has 1 heterocycles. The lowest BCUT2D eigenvalue weighted by Crippen LogP contribution is -2.21. The Bertz CT molecular complexity index is 819. The third kappa shape index (κ3) is 4.84. The first kappa shape index (κ1) is 20.7. The van der Waals surface area contributed by atoms with Gasteiger partial charge in [-0.3, -0.25) is 0 Å². The van der Waals surface area contributed by atoms with E-state index in [4.69, 9.17) is 13.0 Å². The van der Waals surface area contributed by atoms with Gasteiger partial charge in [-0.05, 0) is 24.1 Å². The molecule has 11 heteroatoms. The first-order valence-corrected chi connectivity index (χ1v) is 8.96. The first-order chi connectivity index (χ1) is 10.7. The molecule has 0 radical (unpaired) electrons. The second-order valence-corrected chi connectivity index (χ2v) is 8.16. The molecule has 24 heavy (non-hydrogen) atoms. The topological polar surface area (TPSA) is 57.2 Å². The van der Waals surface area contributed by atoms with E-state index in [1.807, 2.05) is 13.0 Å². The monoisotopic (exact) mass is 394 g/mol. The van der Waals surface area contributed by atoms with Crippen LogP contribution in [0, 0.1) is 6.92 Å². The largest absolute Gasteiger partial charge is 0.741 e. The molecule has 0 aliphatic heterocycles. The second kappa shape index (κ2) is 6.89. The maximum atomic E-state index is 12.8. The van der Waals surface area contributed by atoms with Gasteiger partial charge in [-0.2, -0.15) is 13.2 Å². The number of fused-ring (bicyclic) bond motifs is 1. The van der Waals surface area contributed by atoms with E-state index in [1.54, 1.807) is 25.1 Å². The van der Waals surface area contributed by atoms with Gasteiger partial charge in [0.1, 0.15) is 0 Å². The van der Waals surface area contributed by atoms with Crippen molar-refractivity contribution in [3.05, 3.63) is 34.7 Å². The van der Waals surface area contributed by atoms with Crippen LogP contribution < -0.4 is 0 Å². The van der Waals surface area contributed by atoms with Crippen LogP contribution in [0.15, 0.2) is 24.3 Å². The summed E-state index contributed by atoms with van der Waals surface area (Å²) in [5.41, 5.74) is -8.72. The van der Waals surface area contributed by atoms with Crippen molar-refractivity contribution >= 4 is 30.7 Å². The fourth-order valence-corrected chi connectivity index (χ4v) is 3.64. The normalized spacial score (nSPS) is 13.6. The van der Waals surface area contributed by atoms with E-state index < -0.39 is 31.6 Å². The Balaban J connectivity index is 0.000000307. The molecular formula is C13H12F6O3S2. The van der Waals surface area contributed by atoms with Crippen LogP contribution in [0.5, 0.6) is 0 Å². The van der Waals surface area contributed by atoms with Crippen molar-refractivity contribution in [3.63, 3.8) is 0 Å².